The minimum absolute atomic E-state index is 0. The topological polar surface area (TPSA) is 64.9 Å². The second-order valence-corrected chi connectivity index (χ2v) is 6.82. The summed E-state index contributed by atoms with van der Waals surface area (Å²) in [7, 11) is 0. The molecule has 0 bridgehead atoms. The fraction of sp³-hybridized carbons (Fsp3) is 0.875. The SMILES string of the molecule is Cl.NCC1(Cc2nc(C3CCCCC3)no2)CCCCC1. The third-order valence-electron chi connectivity index (χ3n) is 5.33. The smallest absolute Gasteiger partial charge is 0.227 e. The highest BCUT2D eigenvalue weighted by Crippen LogP contribution is 2.38. The van der Waals surface area contributed by atoms with Crippen molar-refractivity contribution in [1.29, 1.82) is 0 Å². The Hall–Kier alpha value is -0.610. The number of hydrogen-bond acceptors (Lipinski definition) is 4. The Morgan fingerprint density at radius 2 is 1.71 bits per heavy atom. The van der Waals surface area contributed by atoms with E-state index in [1.54, 1.807) is 0 Å². The number of nitrogens with two attached hydrogens (primary N) is 1. The molecular formula is C16H28ClN3O. The van der Waals surface area contributed by atoms with Gasteiger partial charge in [0, 0.05) is 12.3 Å². The van der Waals surface area contributed by atoms with Crippen molar-refractivity contribution in [3.8, 4) is 0 Å². The maximum absolute atomic E-state index is 6.05. The van der Waals surface area contributed by atoms with Crippen molar-refractivity contribution >= 4 is 12.4 Å². The summed E-state index contributed by atoms with van der Waals surface area (Å²) in [5.74, 6) is 2.29. The number of nitrogens with zero attached hydrogens (tertiary/aromatic N) is 2. The van der Waals surface area contributed by atoms with E-state index in [4.69, 9.17) is 10.3 Å². The number of rotatable bonds is 4. The van der Waals surface area contributed by atoms with E-state index in [0.717, 1.165) is 24.7 Å². The van der Waals surface area contributed by atoms with E-state index in [1.807, 2.05) is 0 Å². The fourth-order valence-electron chi connectivity index (χ4n) is 3.94. The van der Waals surface area contributed by atoms with Crippen LogP contribution in [0.3, 0.4) is 0 Å². The molecule has 2 aliphatic rings. The van der Waals surface area contributed by atoms with E-state index in [0.29, 0.717) is 5.92 Å². The molecule has 0 amide bonds. The van der Waals surface area contributed by atoms with E-state index >= 15 is 0 Å². The molecule has 0 spiro atoms. The minimum atomic E-state index is 0. The summed E-state index contributed by atoms with van der Waals surface area (Å²) >= 11 is 0. The van der Waals surface area contributed by atoms with Crippen LogP contribution in [0.25, 0.3) is 0 Å². The molecule has 0 saturated heterocycles. The molecule has 4 nitrogen and oxygen atoms in total. The molecule has 2 fully saturated rings. The van der Waals surface area contributed by atoms with Gasteiger partial charge < -0.3 is 10.3 Å². The minimum Gasteiger partial charge on any atom is -0.339 e. The summed E-state index contributed by atoms with van der Waals surface area (Å²) in [6.45, 7) is 0.744. The van der Waals surface area contributed by atoms with Gasteiger partial charge in [-0.15, -0.1) is 12.4 Å². The highest BCUT2D eigenvalue weighted by Gasteiger charge is 2.33. The van der Waals surface area contributed by atoms with Gasteiger partial charge in [-0.3, -0.25) is 0 Å². The summed E-state index contributed by atoms with van der Waals surface area (Å²) < 4.78 is 5.53. The van der Waals surface area contributed by atoms with E-state index < -0.39 is 0 Å². The Kier molecular flexibility index (Phi) is 6.06. The zero-order valence-electron chi connectivity index (χ0n) is 12.9. The van der Waals surface area contributed by atoms with Gasteiger partial charge in [0.25, 0.3) is 0 Å². The van der Waals surface area contributed by atoms with Crippen molar-refractivity contribution in [1.82, 2.24) is 10.1 Å². The summed E-state index contributed by atoms with van der Waals surface area (Å²) in [6, 6.07) is 0. The van der Waals surface area contributed by atoms with Gasteiger partial charge in [0.2, 0.25) is 5.89 Å². The molecule has 0 unspecified atom stereocenters. The fourth-order valence-corrected chi connectivity index (χ4v) is 3.94. The maximum atomic E-state index is 6.05. The van der Waals surface area contributed by atoms with Crippen LogP contribution in [0.2, 0.25) is 0 Å². The van der Waals surface area contributed by atoms with Crippen molar-refractivity contribution in [2.45, 2.75) is 76.5 Å². The van der Waals surface area contributed by atoms with Gasteiger partial charge in [0.05, 0.1) is 0 Å². The molecule has 1 aromatic heterocycles. The molecule has 1 heterocycles. The lowest BCUT2D eigenvalue weighted by Gasteiger charge is -2.34. The van der Waals surface area contributed by atoms with Crippen LogP contribution in [0.1, 0.15) is 81.8 Å². The van der Waals surface area contributed by atoms with Crippen molar-refractivity contribution in [3.63, 3.8) is 0 Å². The van der Waals surface area contributed by atoms with Crippen LogP contribution in [-0.4, -0.2) is 16.7 Å². The molecule has 3 rings (SSSR count). The molecule has 1 aromatic rings. The first-order valence-electron chi connectivity index (χ1n) is 8.34. The Bertz CT molecular complexity index is 423. The Balaban J connectivity index is 0.00000161. The average Bonchev–Trinajstić information content (AvgIpc) is 2.97. The van der Waals surface area contributed by atoms with Crippen LogP contribution in [0, 0.1) is 5.41 Å². The van der Waals surface area contributed by atoms with Crippen LogP contribution in [0.15, 0.2) is 4.52 Å². The van der Waals surface area contributed by atoms with Crippen molar-refractivity contribution in [2.24, 2.45) is 11.1 Å². The lowest BCUT2D eigenvalue weighted by atomic mass is 9.72. The molecule has 2 aliphatic carbocycles. The van der Waals surface area contributed by atoms with E-state index in [2.05, 4.69) is 10.1 Å². The molecule has 0 aliphatic heterocycles. The van der Waals surface area contributed by atoms with Crippen molar-refractivity contribution in [3.05, 3.63) is 11.7 Å². The quantitative estimate of drug-likeness (QED) is 0.912. The standard InChI is InChI=1S/C16H27N3O.ClH/c17-12-16(9-5-2-6-10-16)11-14-18-15(19-20-14)13-7-3-1-4-8-13;/h13H,1-12,17H2;1H. The second-order valence-electron chi connectivity index (χ2n) is 6.82. The van der Waals surface area contributed by atoms with Crippen molar-refractivity contribution in [2.75, 3.05) is 6.54 Å². The van der Waals surface area contributed by atoms with Gasteiger partial charge in [-0.1, -0.05) is 43.7 Å². The van der Waals surface area contributed by atoms with Crippen LogP contribution in [0.4, 0.5) is 0 Å². The molecule has 0 atom stereocenters. The number of halogens is 1. The molecule has 5 heteroatoms. The van der Waals surface area contributed by atoms with Gasteiger partial charge >= 0.3 is 0 Å². The molecule has 0 aromatic carbocycles. The second kappa shape index (κ2) is 7.59. The third kappa shape index (κ3) is 3.98. The lowest BCUT2D eigenvalue weighted by molar-refractivity contribution is 0.177. The zero-order chi connectivity index (χ0) is 13.8. The lowest BCUT2D eigenvalue weighted by Crippen LogP contribution is -2.35. The molecule has 2 saturated carbocycles. The average molecular weight is 314 g/mol. The first-order valence-corrected chi connectivity index (χ1v) is 8.34. The van der Waals surface area contributed by atoms with Gasteiger partial charge in [-0.2, -0.15) is 4.98 Å². The Morgan fingerprint density at radius 1 is 1.05 bits per heavy atom. The van der Waals surface area contributed by atoms with Crippen LogP contribution >= 0.6 is 12.4 Å². The first kappa shape index (κ1) is 16.8. The van der Waals surface area contributed by atoms with E-state index in [1.165, 1.54) is 64.2 Å². The maximum Gasteiger partial charge on any atom is 0.227 e. The normalized spacial score (nSPS) is 22.7. The van der Waals surface area contributed by atoms with Gasteiger partial charge in [0.15, 0.2) is 5.82 Å². The number of aromatic nitrogens is 2. The molecule has 0 radical (unpaired) electrons. The molecule has 2 N–H and O–H groups in total. The van der Waals surface area contributed by atoms with E-state index in [9.17, 15) is 0 Å². The molecule has 21 heavy (non-hydrogen) atoms. The zero-order valence-corrected chi connectivity index (χ0v) is 13.7. The largest absolute Gasteiger partial charge is 0.339 e. The highest BCUT2D eigenvalue weighted by atomic mass is 35.5. The van der Waals surface area contributed by atoms with Crippen LogP contribution in [-0.2, 0) is 6.42 Å². The number of hydrogen-bond donors (Lipinski definition) is 1. The molecular weight excluding hydrogens is 286 g/mol. The van der Waals surface area contributed by atoms with Crippen molar-refractivity contribution < 1.29 is 4.52 Å². The summed E-state index contributed by atoms with van der Waals surface area (Å²) in [5, 5.41) is 4.24. The summed E-state index contributed by atoms with van der Waals surface area (Å²) in [6.07, 6.45) is 13.7. The van der Waals surface area contributed by atoms with Crippen LogP contribution < -0.4 is 5.73 Å². The third-order valence-corrected chi connectivity index (χ3v) is 5.33. The molecule has 120 valence electrons. The predicted octanol–water partition coefficient (Wildman–Crippen LogP) is 3.99. The van der Waals surface area contributed by atoms with Gasteiger partial charge in [-0.25, -0.2) is 0 Å². The van der Waals surface area contributed by atoms with Gasteiger partial charge in [0.1, 0.15) is 0 Å². The van der Waals surface area contributed by atoms with Gasteiger partial charge in [-0.05, 0) is 37.6 Å². The summed E-state index contributed by atoms with van der Waals surface area (Å²) in [4.78, 5) is 4.69. The highest BCUT2D eigenvalue weighted by molar-refractivity contribution is 5.85. The Labute approximate surface area is 133 Å². The van der Waals surface area contributed by atoms with Crippen LogP contribution in [0.5, 0.6) is 0 Å². The first-order chi connectivity index (χ1) is 9.81. The van der Waals surface area contributed by atoms with E-state index in [-0.39, 0.29) is 17.8 Å². The summed E-state index contributed by atoms with van der Waals surface area (Å²) in [5.41, 5.74) is 6.26. The predicted molar refractivity (Wildman–Crippen MR) is 85.6 cm³/mol. The Morgan fingerprint density at radius 3 is 2.38 bits per heavy atom. The monoisotopic (exact) mass is 313 g/mol.